The molecular weight excluding hydrogens is 474 g/mol. The van der Waals surface area contributed by atoms with Crippen LogP contribution in [0.3, 0.4) is 0 Å². The van der Waals surface area contributed by atoms with Crippen LogP contribution in [-0.2, 0) is 20.2 Å². The number of piperidine rings is 1. The summed E-state index contributed by atoms with van der Waals surface area (Å²) in [7, 11) is -2.18. The first-order chi connectivity index (χ1) is 16.7. The molecule has 1 saturated carbocycles. The van der Waals surface area contributed by atoms with Crippen LogP contribution in [0.2, 0.25) is 0 Å². The minimum Gasteiger partial charge on any atom is -0.383 e. The number of carbonyl (C=O) groups excluding carboxylic acids is 1. The molecule has 5 rings (SSSR count). The van der Waals surface area contributed by atoms with E-state index in [0.717, 1.165) is 56.5 Å². The van der Waals surface area contributed by atoms with E-state index in [1.165, 1.54) is 0 Å². The van der Waals surface area contributed by atoms with Gasteiger partial charge in [-0.2, -0.15) is 0 Å². The van der Waals surface area contributed by atoms with Crippen molar-refractivity contribution in [3.63, 3.8) is 0 Å². The molecule has 2 aromatic rings. The van der Waals surface area contributed by atoms with E-state index < -0.39 is 32.0 Å². The van der Waals surface area contributed by atoms with Crippen LogP contribution in [0.15, 0.2) is 35.2 Å². The monoisotopic (exact) mass is 504 g/mol. The molecule has 1 spiro atoms. The molecule has 2 aliphatic heterocycles. The maximum atomic E-state index is 14.2. The Balaban J connectivity index is 1.42. The summed E-state index contributed by atoms with van der Waals surface area (Å²) >= 11 is 0. The minimum absolute atomic E-state index is 0.0679. The van der Waals surface area contributed by atoms with Crippen LogP contribution >= 0.6 is 0 Å². The van der Waals surface area contributed by atoms with Crippen molar-refractivity contribution in [1.29, 1.82) is 0 Å². The van der Waals surface area contributed by atoms with E-state index in [1.54, 1.807) is 12.1 Å². The van der Waals surface area contributed by atoms with Gasteiger partial charge in [-0.05, 0) is 88.0 Å². The number of carbonyl (C=O) groups is 1. The van der Waals surface area contributed by atoms with Crippen LogP contribution in [-0.4, -0.2) is 45.9 Å². The second-order valence-electron chi connectivity index (χ2n) is 9.98. The summed E-state index contributed by atoms with van der Waals surface area (Å²) in [5, 5.41) is 6.41. The Bertz CT molecular complexity index is 1260. The van der Waals surface area contributed by atoms with Gasteiger partial charge in [0.05, 0.1) is 22.5 Å². The highest BCUT2D eigenvalue weighted by atomic mass is 32.2. The number of anilines is 3. The van der Waals surface area contributed by atoms with E-state index in [0.29, 0.717) is 42.7 Å². The molecule has 0 bridgehead atoms. The molecule has 0 radical (unpaired) electrons. The Kier molecular flexibility index (Phi) is 6.21. The Morgan fingerprint density at radius 3 is 2.54 bits per heavy atom. The second kappa shape index (κ2) is 9.05. The van der Waals surface area contributed by atoms with Gasteiger partial charge in [-0.15, -0.1) is 0 Å². The number of amides is 1. The van der Waals surface area contributed by atoms with E-state index in [4.69, 9.17) is 0 Å². The number of halogens is 2. The second-order valence-corrected chi connectivity index (χ2v) is 11.6. The van der Waals surface area contributed by atoms with Gasteiger partial charge in [0.2, 0.25) is 5.91 Å². The fourth-order valence-corrected chi connectivity index (χ4v) is 6.50. The van der Waals surface area contributed by atoms with Gasteiger partial charge in [0, 0.05) is 12.6 Å². The molecule has 1 amide bonds. The number of sulfonamides is 1. The van der Waals surface area contributed by atoms with Crippen LogP contribution in [0.4, 0.5) is 25.8 Å². The molecule has 3 aliphatic rings. The lowest BCUT2D eigenvalue weighted by Crippen LogP contribution is -2.40. The number of hydrogen-bond acceptors (Lipinski definition) is 5. The minimum atomic E-state index is -4.31. The van der Waals surface area contributed by atoms with Gasteiger partial charge < -0.3 is 15.5 Å². The molecule has 188 valence electrons. The standard InChI is InChI=1S/C25H30F2N4O3S/c1-31-11-6-16(7-12-31)5-10-28-21-15-18(14-19-23(21)29-24(32)25(19)8-2-9-25)30-35(33,34)22-4-3-17(26)13-20(22)27/h3-4,13-16,28,30H,2,5-12H2,1H3,(H,29,32). The average molecular weight is 505 g/mol. The zero-order chi connectivity index (χ0) is 24.8. The highest BCUT2D eigenvalue weighted by Crippen LogP contribution is 2.54. The summed E-state index contributed by atoms with van der Waals surface area (Å²) in [6, 6.07) is 5.64. The summed E-state index contributed by atoms with van der Waals surface area (Å²) in [5.74, 6) is -1.47. The molecule has 10 heteroatoms. The molecule has 0 aromatic heterocycles. The molecule has 3 N–H and O–H groups in total. The molecule has 1 aliphatic carbocycles. The summed E-state index contributed by atoms with van der Waals surface area (Å²) in [6.07, 6.45) is 5.56. The van der Waals surface area contributed by atoms with Crippen LogP contribution in [0.1, 0.15) is 44.1 Å². The Labute approximate surface area is 204 Å². The first-order valence-electron chi connectivity index (χ1n) is 12.1. The maximum absolute atomic E-state index is 14.2. The molecular formula is C25H30F2N4O3S. The van der Waals surface area contributed by atoms with E-state index in [2.05, 4.69) is 27.3 Å². The molecule has 1 saturated heterocycles. The third kappa shape index (κ3) is 4.49. The summed E-state index contributed by atoms with van der Waals surface area (Å²) < 4.78 is 55.8. The zero-order valence-electron chi connectivity index (χ0n) is 19.7. The SMILES string of the molecule is CN1CCC(CCNc2cc(NS(=O)(=O)c3ccc(F)cc3F)cc3c2NC(=O)C32CCC2)CC1. The summed E-state index contributed by atoms with van der Waals surface area (Å²) in [4.78, 5) is 14.6. The smallest absolute Gasteiger partial charge is 0.264 e. The Morgan fingerprint density at radius 1 is 1.14 bits per heavy atom. The summed E-state index contributed by atoms with van der Waals surface area (Å²) in [6.45, 7) is 2.85. The van der Waals surface area contributed by atoms with Gasteiger partial charge in [0.1, 0.15) is 16.5 Å². The molecule has 2 fully saturated rings. The van der Waals surface area contributed by atoms with Gasteiger partial charge in [-0.3, -0.25) is 9.52 Å². The fourth-order valence-electron chi connectivity index (χ4n) is 5.40. The van der Waals surface area contributed by atoms with Crippen LogP contribution < -0.4 is 15.4 Å². The lowest BCUT2D eigenvalue weighted by atomic mass is 9.65. The van der Waals surface area contributed by atoms with Gasteiger partial charge in [0.15, 0.2) is 0 Å². The number of rotatable bonds is 7. The maximum Gasteiger partial charge on any atom is 0.264 e. The highest BCUT2D eigenvalue weighted by molar-refractivity contribution is 7.92. The third-order valence-corrected chi connectivity index (χ3v) is 9.09. The Hall–Kier alpha value is -2.72. The first kappa shape index (κ1) is 24.0. The predicted octanol–water partition coefficient (Wildman–Crippen LogP) is 4.28. The topological polar surface area (TPSA) is 90.5 Å². The van der Waals surface area contributed by atoms with Crippen LogP contribution in [0.5, 0.6) is 0 Å². The van der Waals surface area contributed by atoms with Gasteiger partial charge in [-0.1, -0.05) is 6.42 Å². The highest BCUT2D eigenvalue weighted by Gasteiger charge is 2.52. The van der Waals surface area contributed by atoms with Crippen molar-refractivity contribution in [3.8, 4) is 0 Å². The van der Waals surface area contributed by atoms with E-state index in [9.17, 15) is 22.0 Å². The number of fused-ring (bicyclic) bond motifs is 2. The quantitative estimate of drug-likeness (QED) is 0.524. The first-order valence-corrected chi connectivity index (χ1v) is 13.6. The van der Waals surface area contributed by atoms with Crippen molar-refractivity contribution < 1.29 is 22.0 Å². The number of likely N-dealkylation sites (tertiary alicyclic amines) is 1. The molecule has 0 unspecified atom stereocenters. The van der Waals surface area contributed by atoms with E-state index in [-0.39, 0.29) is 11.6 Å². The average Bonchev–Trinajstić information content (AvgIpc) is 3.06. The van der Waals surface area contributed by atoms with Crippen molar-refractivity contribution in [3.05, 3.63) is 47.5 Å². The fraction of sp³-hybridized carbons (Fsp3) is 0.480. The predicted molar refractivity (Wildman–Crippen MR) is 131 cm³/mol. The zero-order valence-corrected chi connectivity index (χ0v) is 20.5. The van der Waals surface area contributed by atoms with Gasteiger partial charge >= 0.3 is 0 Å². The lowest BCUT2D eigenvalue weighted by molar-refractivity contribution is -0.123. The van der Waals surface area contributed by atoms with Gasteiger partial charge in [-0.25, -0.2) is 17.2 Å². The van der Waals surface area contributed by atoms with Crippen LogP contribution in [0.25, 0.3) is 0 Å². The van der Waals surface area contributed by atoms with Crippen molar-refractivity contribution in [2.24, 2.45) is 5.92 Å². The molecule has 2 heterocycles. The molecule has 7 nitrogen and oxygen atoms in total. The van der Waals surface area contributed by atoms with Gasteiger partial charge in [0.25, 0.3) is 10.0 Å². The van der Waals surface area contributed by atoms with Crippen molar-refractivity contribution >= 4 is 33.0 Å². The lowest BCUT2D eigenvalue weighted by Gasteiger charge is -2.36. The third-order valence-electron chi connectivity index (χ3n) is 7.68. The van der Waals surface area contributed by atoms with Crippen molar-refractivity contribution in [2.45, 2.75) is 48.8 Å². The van der Waals surface area contributed by atoms with E-state index in [1.807, 2.05) is 0 Å². The molecule has 35 heavy (non-hydrogen) atoms. The number of benzene rings is 2. The summed E-state index contributed by atoms with van der Waals surface area (Å²) in [5.41, 5.74) is 1.67. The number of nitrogens with one attached hydrogen (secondary N) is 3. The van der Waals surface area contributed by atoms with Crippen LogP contribution in [0, 0.1) is 17.6 Å². The molecule has 0 atom stereocenters. The Morgan fingerprint density at radius 2 is 1.89 bits per heavy atom. The number of hydrogen-bond donors (Lipinski definition) is 3. The number of nitrogens with zero attached hydrogens (tertiary/aromatic N) is 1. The molecule has 2 aromatic carbocycles. The van der Waals surface area contributed by atoms with Crippen molar-refractivity contribution in [2.75, 3.05) is 42.0 Å². The normalized spacial score (nSPS) is 19.8. The van der Waals surface area contributed by atoms with Crippen molar-refractivity contribution in [1.82, 2.24) is 4.90 Å². The largest absolute Gasteiger partial charge is 0.383 e. The van der Waals surface area contributed by atoms with E-state index >= 15 is 0 Å².